The van der Waals surface area contributed by atoms with E-state index >= 15 is 0 Å². The minimum absolute atomic E-state index is 0.487. The molecule has 4 nitrogen and oxygen atoms in total. The molecule has 21 heavy (non-hydrogen) atoms. The number of fused-ring (bicyclic) bond motifs is 1. The van der Waals surface area contributed by atoms with Crippen molar-refractivity contribution in [2.75, 3.05) is 12.4 Å². The Morgan fingerprint density at radius 1 is 1.24 bits per heavy atom. The van der Waals surface area contributed by atoms with E-state index in [2.05, 4.69) is 31.2 Å². The molecular formula is C15H11BrClN3O. The average Bonchev–Trinajstić information content (AvgIpc) is 2.48. The summed E-state index contributed by atoms with van der Waals surface area (Å²) in [6.45, 7) is 0. The summed E-state index contributed by atoms with van der Waals surface area (Å²) in [7, 11) is 1.60. The number of aromatic nitrogens is 2. The van der Waals surface area contributed by atoms with Crippen LogP contribution in [0.15, 0.2) is 47.1 Å². The van der Waals surface area contributed by atoms with Crippen molar-refractivity contribution in [3.05, 3.63) is 52.1 Å². The average molecular weight is 365 g/mol. The number of nitrogens with zero attached hydrogens (tertiary/aromatic N) is 2. The molecule has 3 aromatic rings. The third kappa shape index (κ3) is 2.80. The molecule has 6 heteroatoms. The molecule has 1 heterocycles. The molecule has 0 aliphatic carbocycles. The van der Waals surface area contributed by atoms with Crippen molar-refractivity contribution in [2.45, 2.75) is 0 Å². The van der Waals surface area contributed by atoms with Gasteiger partial charge in [0.1, 0.15) is 5.52 Å². The summed E-state index contributed by atoms with van der Waals surface area (Å²) < 4.78 is 6.15. The summed E-state index contributed by atoms with van der Waals surface area (Å²) >= 11 is 9.65. The summed E-state index contributed by atoms with van der Waals surface area (Å²) in [6, 6.07) is 11.5. The van der Waals surface area contributed by atoms with E-state index in [0.717, 1.165) is 15.5 Å². The summed E-state index contributed by atoms with van der Waals surface area (Å²) in [5.41, 5.74) is 1.57. The van der Waals surface area contributed by atoms with E-state index in [0.29, 0.717) is 22.2 Å². The molecule has 0 saturated heterocycles. The Hall–Kier alpha value is -1.85. The maximum atomic E-state index is 6.22. The number of nitrogens with one attached hydrogen (secondary N) is 1. The van der Waals surface area contributed by atoms with Crippen LogP contribution in [0.25, 0.3) is 10.9 Å². The fraction of sp³-hybridized carbons (Fsp3) is 0.0667. The minimum Gasteiger partial charge on any atom is -0.493 e. The number of hydrogen-bond acceptors (Lipinski definition) is 4. The van der Waals surface area contributed by atoms with Gasteiger partial charge in [0.25, 0.3) is 0 Å². The van der Waals surface area contributed by atoms with Crippen LogP contribution in [-0.2, 0) is 0 Å². The quantitative estimate of drug-likeness (QED) is 0.725. The highest BCUT2D eigenvalue weighted by atomic mass is 79.9. The van der Waals surface area contributed by atoms with Gasteiger partial charge >= 0.3 is 0 Å². The lowest BCUT2D eigenvalue weighted by Crippen LogP contribution is -1.98. The second-order valence-electron chi connectivity index (χ2n) is 4.32. The molecule has 0 aliphatic rings. The van der Waals surface area contributed by atoms with Crippen LogP contribution in [-0.4, -0.2) is 17.1 Å². The SMILES string of the molecule is COc1c(Br)cc(Cl)c2cnc(Nc3ccccc3)nc12. The summed E-state index contributed by atoms with van der Waals surface area (Å²) in [5.74, 6) is 1.12. The minimum atomic E-state index is 0.487. The number of halogens is 2. The van der Waals surface area contributed by atoms with Crippen molar-refractivity contribution in [2.24, 2.45) is 0 Å². The fourth-order valence-electron chi connectivity index (χ4n) is 2.00. The predicted molar refractivity (Wildman–Crippen MR) is 88.5 cm³/mol. The summed E-state index contributed by atoms with van der Waals surface area (Å²) in [6.07, 6.45) is 1.69. The summed E-state index contributed by atoms with van der Waals surface area (Å²) in [4.78, 5) is 8.79. The molecule has 3 rings (SSSR count). The fourth-order valence-corrected chi connectivity index (χ4v) is 2.96. The van der Waals surface area contributed by atoms with Gasteiger partial charge in [-0.25, -0.2) is 9.97 Å². The molecule has 2 aromatic carbocycles. The molecular weight excluding hydrogens is 354 g/mol. The summed E-state index contributed by atoms with van der Waals surface area (Å²) in [5, 5.41) is 4.47. The van der Waals surface area contributed by atoms with Crippen molar-refractivity contribution in [1.29, 1.82) is 0 Å². The third-order valence-corrected chi connectivity index (χ3v) is 3.87. The molecule has 1 aromatic heterocycles. The Bertz CT molecular complexity index is 796. The molecule has 0 unspecified atom stereocenters. The van der Waals surface area contributed by atoms with Crippen molar-refractivity contribution >= 4 is 50.1 Å². The first kappa shape index (κ1) is 14.1. The molecule has 1 N–H and O–H groups in total. The van der Waals surface area contributed by atoms with Crippen LogP contribution in [0.3, 0.4) is 0 Å². The number of hydrogen-bond donors (Lipinski definition) is 1. The molecule has 0 radical (unpaired) electrons. The number of rotatable bonds is 3. The molecule has 0 spiro atoms. The monoisotopic (exact) mass is 363 g/mol. The van der Waals surface area contributed by atoms with Gasteiger partial charge in [-0.3, -0.25) is 0 Å². The zero-order valence-corrected chi connectivity index (χ0v) is 13.4. The lowest BCUT2D eigenvalue weighted by Gasteiger charge is -2.10. The number of ether oxygens (including phenoxy) is 1. The number of para-hydroxylation sites is 1. The van der Waals surface area contributed by atoms with Crippen LogP contribution in [0.4, 0.5) is 11.6 Å². The Kier molecular flexibility index (Phi) is 3.94. The second-order valence-corrected chi connectivity index (χ2v) is 5.58. The first-order valence-corrected chi connectivity index (χ1v) is 7.37. The lowest BCUT2D eigenvalue weighted by molar-refractivity contribution is 0.416. The highest BCUT2D eigenvalue weighted by Gasteiger charge is 2.13. The van der Waals surface area contributed by atoms with E-state index in [-0.39, 0.29) is 0 Å². The standard InChI is InChI=1S/C15H11BrClN3O/c1-21-14-11(16)7-12(17)10-8-18-15(20-13(10)14)19-9-5-3-2-4-6-9/h2-8H,1H3,(H,18,19,20). The van der Waals surface area contributed by atoms with Crippen molar-refractivity contribution in [3.63, 3.8) is 0 Å². The topological polar surface area (TPSA) is 47.0 Å². The van der Waals surface area contributed by atoms with Gasteiger partial charge < -0.3 is 10.1 Å². The molecule has 0 aliphatic heterocycles. The highest BCUT2D eigenvalue weighted by Crippen LogP contribution is 2.37. The second kappa shape index (κ2) is 5.87. The maximum absolute atomic E-state index is 6.22. The largest absolute Gasteiger partial charge is 0.493 e. The van der Waals surface area contributed by atoms with Crippen molar-refractivity contribution in [3.8, 4) is 5.75 Å². The smallest absolute Gasteiger partial charge is 0.227 e. The molecule has 0 atom stereocenters. The Balaban J connectivity index is 2.11. The van der Waals surface area contributed by atoms with Crippen LogP contribution in [0.5, 0.6) is 5.75 Å². The Labute approximate surface area is 135 Å². The van der Waals surface area contributed by atoms with E-state index in [1.54, 1.807) is 19.4 Å². The predicted octanol–water partition coefficient (Wildman–Crippen LogP) is 4.80. The van der Waals surface area contributed by atoms with Crippen LogP contribution in [0, 0.1) is 0 Å². The first-order chi connectivity index (χ1) is 10.2. The van der Waals surface area contributed by atoms with Crippen LogP contribution >= 0.6 is 27.5 Å². The zero-order chi connectivity index (χ0) is 14.8. The Morgan fingerprint density at radius 2 is 2.00 bits per heavy atom. The van der Waals surface area contributed by atoms with Crippen molar-refractivity contribution in [1.82, 2.24) is 9.97 Å². The molecule has 0 bridgehead atoms. The number of benzene rings is 2. The number of anilines is 2. The Morgan fingerprint density at radius 3 is 2.71 bits per heavy atom. The van der Waals surface area contributed by atoms with Gasteiger partial charge in [-0.15, -0.1) is 0 Å². The van der Waals surface area contributed by atoms with E-state index in [1.165, 1.54) is 0 Å². The molecule has 106 valence electrons. The van der Waals surface area contributed by atoms with Gasteiger partial charge in [0.15, 0.2) is 5.75 Å². The number of methoxy groups -OCH3 is 1. The van der Waals surface area contributed by atoms with Crippen LogP contribution < -0.4 is 10.1 Å². The maximum Gasteiger partial charge on any atom is 0.227 e. The lowest BCUT2D eigenvalue weighted by atomic mass is 10.2. The van der Waals surface area contributed by atoms with Gasteiger partial charge in [-0.2, -0.15) is 0 Å². The van der Waals surface area contributed by atoms with E-state index in [9.17, 15) is 0 Å². The van der Waals surface area contributed by atoms with Gasteiger partial charge in [0.05, 0.1) is 16.6 Å². The van der Waals surface area contributed by atoms with Gasteiger partial charge in [0.2, 0.25) is 5.95 Å². The van der Waals surface area contributed by atoms with Crippen LogP contribution in [0.2, 0.25) is 5.02 Å². The highest BCUT2D eigenvalue weighted by molar-refractivity contribution is 9.10. The van der Waals surface area contributed by atoms with Crippen LogP contribution in [0.1, 0.15) is 0 Å². The van der Waals surface area contributed by atoms with Crippen molar-refractivity contribution < 1.29 is 4.74 Å². The first-order valence-electron chi connectivity index (χ1n) is 6.20. The van der Waals surface area contributed by atoms with Gasteiger partial charge in [-0.1, -0.05) is 29.8 Å². The zero-order valence-electron chi connectivity index (χ0n) is 11.1. The molecule has 0 saturated carbocycles. The van der Waals surface area contributed by atoms with E-state index in [4.69, 9.17) is 16.3 Å². The van der Waals surface area contributed by atoms with Gasteiger partial charge in [-0.05, 0) is 34.1 Å². The van der Waals surface area contributed by atoms with E-state index in [1.807, 2.05) is 30.3 Å². The molecule has 0 fully saturated rings. The van der Waals surface area contributed by atoms with Gasteiger partial charge in [0, 0.05) is 17.3 Å². The third-order valence-electron chi connectivity index (χ3n) is 2.97. The van der Waals surface area contributed by atoms with E-state index < -0.39 is 0 Å². The normalized spacial score (nSPS) is 10.6. The molecule has 0 amide bonds.